The number of nitrogens with zero attached hydrogens (tertiary/aromatic N) is 1. The van der Waals surface area contributed by atoms with E-state index in [-0.39, 0.29) is 18.1 Å². The van der Waals surface area contributed by atoms with Gasteiger partial charge in [-0.3, -0.25) is 20.4 Å². The van der Waals surface area contributed by atoms with Gasteiger partial charge in [-0.05, 0) is 47.9 Å². The number of hydrogen-bond acceptors (Lipinski definition) is 4. The predicted molar refractivity (Wildman–Crippen MR) is 112 cm³/mol. The molecule has 0 unspecified atom stereocenters. The molecule has 0 fully saturated rings. The van der Waals surface area contributed by atoms with Crippen LogP contribution in [0.25, 0.3) is 16.6 Å². The van der Waals surface area contributed by atoms with Gasteiger partial charge in [0.2, 0.25) is 5.91 Å². The monoisotopic (exact) mass is 409 g/mol. The van der Waals surface area contributed by atoms with Gasteiger partial charge in [0.1, 0.15) is 10.8 Å². The molecule has 0 atom stereocenters. The van der Waals surface area contributed by atoms with Crippen LogP contribution in [-0.2, 0) is 22.4 Å². The fourth-order valence-corrected chi connectivity index (χ4v) is 3.36. The van der Waals surface area contributed by atoms with E-state index in [9.17, 15) is 14.0 Å². The molecule has 2 aromatic carbocycles. The van der Waals surface area contributed by atoms with Gasteiger partial charge in [-0.1, -0.05) is 31.2 Å². The summed E-state index contributed by atoms with van der Waals surface area (Å²) in [7, 11) is 0. The summed E-state index contributed by atoms with van der Waals surface area (Å²) in [5.41, 5.74) is 8.21. The molecular formula is C22H20FN3O2S. The number of carbonyl (C=O) groups excluding carboxylic acids is 2. The van der Waals surface area contributed by atoms with Crippen molar-refractivity contribution in [2.24, 2.45) is 0 Å². The van der Waals surface area contributed by atoms with Crippen LogP contribution in [0.2, 0.25) is 0 Å². The first-order valence-electron chi connectivity index (χ1n) is 9.09. The minimum Gasteiger partial charge on any atom is -0.273 e. The maximum atomic E-state index is 13.0. The summed E-state index contributed by atoms with van der Waals surface area (Å²) in [6.07, 6.45) is 4.02. The highest BCUT2D eigenvalue weighted by atomic mass is 32.1. The fourth-order valence-electron chi connectivity index (χ4n) is 2.53. The van der Waals surface area contributed by atoms with Crippen LogP contribution in [0.3, 0.4) is 0 Å². The molecule has 0 bridgehead atoms. The average Bonchev–Trinajstić information content (AvgIpc) is 3.20. The number of hydrazine groups is 1. The van der Waals surface area contributed by atoms with Crippen molar-refractivity contribution in [2.45, 2.75) is 19.8 Å². The van der Waals surface area contributed by atoms with Crippen LogP contribution in [0, 0.1) is 5.82 Å². The summed E-state index contributed by atoms with van der Waals surface area (Å²) in [5, 5.41) is 2.47. The molecule has 3 rings (SSSR count). The van der Waals surface area contributed by atoms with E-state index in [0.717, 1.165) is 17.5 Å². The number of nitrogens with one attached hydrogen (secondary N) is 2. The molecule has 7 heteroatoms. The molecule has 0 spiro atoms. The summed E-state index contributed by atoms with van der Waals surface area (Å²) in [6, 6.07) is 13.9. The van der Waals surface area contributed by atoms with Crippen molar-refractivity contribution in [3.63, 3.8) is 0 Å². The van der Waals surface area contributed by atoms with Crippen LogP contribution in [0.15, 0.2) is 60.0 Å². The number of aryl methyl sites for hydroxylation is 1. The Hall–Kier alpha value is -3.32. The van der Waals surface area contributed by atoms with Crippen LogP contribution < -0.4 is 10.9 Å². The number of amides is 2. The molecule has 0 aliphatic rings. The highest BCUT2D eigenvalue weighted by molar-refractivity contribution is 7.13. The third-order valence-electron chi connectivity index (χ3n) is 4.12. The quantitative estimate of drug-likeness (QED) is 0.479. The Labute approximate surface area is 172 Å². The van der Waals surface area contributed by atoms with E-state index < -0.39 is 5.91 Å². The van der Waals surface area contributed by atoms with Crippen molar-refractivity contribution in [1.29, 1.82) is 0 Å². The van der Waals surface area contributed by atoms with E-state index in [2.05, 4.69) is 22.8 Å². The van der Waals surface area contributed by atoms with E-state index >= 15 is 0 Å². The smallest absolute Gasteiger partial charge is 0.262 e. The number of thiazole rings is 1. The normalized spacial score (nSPS) is 10.8. The molecule has 1 aromatic heterocycles. The molecule has 0 aliphatic heterocycles. The summed E-state index contributed by atoms with van der Waals surface area (Å²) in [6.45, 7) is 2.08. The Morgan fingerprint density at radius 3 is 2.48 bits per heavy atom. The number of aromatic nitrogens is 1. The summed E-state index contributed by atoms with van der Waals surface area (Å²) < 4.78 is 13.0. The second-order valence-electron chi connectivity index (χ2n) is 6.29. The van der Waals surface area contributed by atoms with Crippen LogP contribution >= 0.6 is 11.3 Å². The minimum absolute atomic E-state index is 0.0279. The first-order valence-corrected chi connectivity index (χ1v) is 9.97. The second kappa shape index (κ2) is 9.75. The lowest BCUT2D eigenvalue weighted by Gasteiger charge is -2.04. The Morgan fingerprint density at radius 1 is 1.07 bits per heavy atom. The molecular weight excluding hydrogens is 389 g/mol. The summed E-state index contributed by atoms with van der Waals surface area (Å²) in [5.74, 6) is -1.12. The standard InChI is InChI=1S/C22H20FN3O2S/c1-2-15-3-5-16(6-4-15)7-12-20(27)25-26-21(28)13-19-14-29-22(24-19)17-8-10-18(23)11-9-17/h3-12,14H,2,13H2,1H3,(H,25,27)(H,26,28)/b12-7+. The number of benzene rings is 2. The zero-order chi connectivity index (χ0) is 20.6. The average molecular weight is 409 g/mol. The van der Waals surface area contributed by atoms with Gasteiger partial charge in [0.15, 0.2) is 0 Å². The number of rotatable bonds is 6. The molecule has 148 valence electrons. The molecule has 0 saturated heterocycles. The summed E-state index contributed by atoms with van der Waals surface area (Å²) in [4.78, 5) is 28.2. The predicted octanol–water partition coefficient (Wildman–Crippen LogP) is 3.91. The molecule has 0 radical (unpaired) electrons. The Balaban J connectivity index is 1.47. The van der Waals surface area contributed by atoms with Gasteiger partial charge in [0, 0.05) is 17.0 Å². The zero-order valence-corrected chi connectivity index (χ0v) is 16.6. The first-order chi connectivity index (χ1) is 14.0. The van der Waals surface area contributed by atoms with Crippen LogP contribution in [-0.4, -0.2) is 16.8 Å². The highest BCUT2D eigenvalue weighted by Gasteiger charge is 2.09. The first kappa shape index (κ1) is 20.4. The molecule has 5 nitrogen and oxygen atoms in total. The SMILES string of the molecule is CCc1ccc(/C=C/C(=O)NNC(=O)Cc2csc(-c3ccc(F)cc3)n2)cc1. The van der Waals surface area contributed by atoms with Crippen LogP contribution in [0.5, 0.6) is 0 Å². The Bertz CT molecular complexity index is 1010. The Kier molecular flexibility index (Phi) is 6.86. The third kappa shape index (κ3) is 6.08. The molecule has 0 saturated carbocycles. The van der Waals surface area contributed by atoms with E-state index in [0.29, 0.717) is 10.7 Å². The molecule has 1 heterocycles. The second-order valence-corrected chi connectivity index (χ2v) is 7.15. The van der Waals surface area contributed by atoms with Crippen LogP contribution in [0.4, 0.5) is 4.39 Å². The molecule has 0 aliphatic carbocycles. The number of halogens is 1. The van der Waals surface area contributed by atoms with Gasteiger partial charge >= 0.3 is 0 Å². The third-order valence-corrected chi connectivity index (χ3v) is 5.07. The lowest BCUT2D eigenvalue weighted by atomic mass is 10.1. The topological polar surface area (TPSA) is 71.1 Å². The van der Waals surface area contributed by atoms with Crippen molar-refractivity contribution in [2.75, 3.05) is 0 Å². The minimum atomic E-state index is -0.428. The van der Waals surface area contributed by atoms with Crippen molar-refractivity contribution in [3.8, 4) is 10.6 Å². The van der Waals surface area contributed by atoms with E-state index in [1.165, 1.54) is 35.1 Å². The highest BCUT2D eigenvalue weighted by Crippen LogP contribution is 2.24. The van der Waals surface area contributed by atoms with Gasteiger partial charge in [-0.2, -0.15) is 0 Å². The molecule has 2 N–H and O–H groups in total. The van der Waals surface area contributed by atoms with Gasteiger partial charge < -0.3 is 0 Å². The molecule has 3 aromatic rings. The summed E-state index contributed by atoms with van der Waals surface area (Å²) >= 11 is 1.37. The maximum absolute atomic E-state index is 13.0. The van der Waals surface area contributed by atoms with E-state index in [1.54, 1.807) is 23.6 Å². The maximum Gasteiger partial charge on any atom is 0.262 e. The van der Waals surface area contributed by atoms with Gasteiger partial charge in [0.25, 0.3) is 5.91 Å². The Morgan fingerprint density at radius 2 is 1.79 bits per heavy atom. The lowest BCUT2D eigenvalue weighted by Crippen LogP contribution is -2.41. The van der Waals surface area contributed by atoms with E-state index in [4.69, 9.17) is 0 Å². The number of carbonyl (C=O) groups is 2. The van der Waals surface area contributed by atoms with Crippen molar-refractivity contribution in [3.05, 3.63) is 82.6 Å². The van der Waals surface area contributed by atoms with Gasteiger partial charge in [-0.25, -0.2) is 9.37 Å². The zero-order valence-electron chi connectivity index (χ0n) is 15.8. The van der Waals surface area contributed by atoms with Crippen molar-refractivity contribution < 1.29 is 14.0 Å². The van der Waals surface area contributed by atoms with Crippen molar-refractivity contribution in [1.82, 2.24) is 15.8 Å². The van der Waals surface area contributed by atoms with Crippen LogP contribution in [0.1, 0.15) is 23.7 Å². The number of hydrogen-bond donors (Lipinski definition) is 2. The van der Waals surface area contributed by atoms with Crippen molar-refractivity contribution >= 4 is 29.2 Å². The van der Waals surface area contributed by atoms with Gasteiger partial charge in [-0.15, -0.1) is 11.3 Å². The van der Waals surface area contributed by atoms with E-state index in [1.807, 2.05) is 24.3 Å². The van der Waals surface area contributed by atoms with Gasteiger partial charge in [0.05, 0.1) is 12.1 Å². The fraction of sp³-hybridized carbons (Fsp3) is 0.136. The largest absolute Gasteiger partial charge is 0.273 e. The molecule has 29 heavy (non-hydrogen) atoms. The molecule has 2 amide bonds. The lowest BCUT2D eigenvalue weighted by molar-refractivity contribution is -0.126.